The van der Waals surface area contributed by atoms with Crippen LogP contribution in [-0.4, -0.2) is 78.3 Å². The lowest BCUT2D eigenvalue weighted by atomic mass is 10.1. The minimum absolute atomic E-state index is 0.0398. The maximum atomic E-state index is 12.8. The van der Waals surface area contributed by atoms with Crippen molar-refractivity contribution in [2.75, 3.05) is 11.9 Å². The Bertz CT molecular complexity index is 2370. The molecule has 1 heterocycles. The van der Waals surface area contributed by atoms with Crippen LogP contribution in [0.25, 0.3) is 0 Å². The summed E-state index contributed by atoms with van der Waals surface area (Å²) in [7, 11) is -4.71. The molecule has 0 saturated carbocycles. The van der Waals surface area contributed by atoms with E-state index < -0.39 is 109 Å². The zero-order valence-electron chi connectivity index (χ0n) is 30.3. The molecule has 0 aliphatic rings. The van der Waals surface area contributed by atoms with Crippen LogP contribution in [0.1, 0.15) is 40.1 Å². The van der Waals surface area contributed by atoms with Crippen molar-refractivity contribution in [1.29, 1.82) is 0 Å². The molecule has 19 nitrogen and oxygen atoms in total. The van der Waals surface area contributed by atoms with E-state index in [1.807, 2.05) is 0 Å². The molecule has 0 fully saturated rings. The molecule has 328 valence electrons. The first-order chi connectivity index (χ1) is 28.4. The van der Waals surface area contributed by atoms with Gasteiger partial charge in [0, 0.05) is 12.1 Å². The number of rotatable bonds is 15. The quantitative estimate of drug-likeness (QED) is 0.0467. The summed E-state index contributed by atoms with van der Waals surface area (Å²) >= 11 is 5.83. The molecular formula is C33H25ClF7N5O14S. The third kappa shape index (κ3) is 14.3. The molecule has 28 heteroatoms. The Morgan fingerprint density at radius 2 is 1.52 bits per heavy atom. The van der Waals surface area contributed by atoms with Crippen LogP contribution >= 0.6 is 11.6 Å². The van der Waals surface area contributed by atoms with Gasteiger partial charge in [0.05, 0.1) is 33.7 Å². The molecule has 0 aliphatic carbocycles. The fourth-order valence-electron chi connectivity index (χ4n) is 4.26. The number of alkyl halides is 7. The van der Waals surface area contributed by atoms with E-state index in [0.29, 0.717) is 12.1 Å². The molecule has 0 aliphatic heterocycles. The molecule has 1 atom stereocenters. The fourth-order valence-corrected chi connectivity index (χ4v) is 5.59. The molecule has 3 N–H and O–H groups in total. The first-order valence-corrected chi connectivity index (χ1v) is 17.9. The van der Waals surface area contributed by atoms with E-state index in [1.165, 1.54) is 23.8 Å². The Morgan fingerprint density at radius 1 is 0.918 bits per heavy atom. The van der Waals surface area contributed by atoms with Gasteiger partial charge in [-0.1, -0.05) is 23.7 Å². The highest BCUT2D eigenvalue weighted by Gasteiger charge is 2.32. The third-order valence-electron chi connectivity index (χ3n) is 6.73. The number of sulfonamides is 1. The van der Waals surface area contributed by atoms with Gasteiger partial charge >= 0.3 is 43.3 Å². The lowest BCUT2D eigenvalue weighted by Crippen LogP contribution is -2.35. The summed E-state index contributed by atoms with van der Waals surface area (Å²) in [6, 6.07) is 8.60. The van der Waals surface area contributed by atoms with Crippen LogP contribution in [0.5, 0.6) is 23.3 Å². The van der Waals surface area contributed by atoms with Crippen LogP contribution in [0.4, 0.5) is 47.2 Å². The van der Waals surface area contributed by atoms with Gasteiger partial charge in [0.15, 0.2) is 6.10 Å². The maximum Gasteiger partial charge on any atom is 0.416 e. The minimum atomic E-state index is -4.71. The molecule has 4 aromatic rings. The Balaban J connectivity index is 0.000000325. The minimum Gasteiger partial charge on any atom is -0.478 e. The van der Waals surface area contributed by atoms with Crippen molar-refractivity contribution in [3.05, 3.63) is 98.6 Å². The molecule has 3 aromatic carbocycles. The summed E-state index contributed by atoms with van der Waals surface area (Å²) < 4.78 is 136. The zero-order valence-corrected chi connectivity index (χ0v) is 31.9. The van der Waals surface area contributed by atoms with Crippen molar-refractivity contribution >= 4 is 57.2 Å². The summed E-state index contributed by atoms with van der Waals surface area (Å²) in [4.78, 5) is 63.2. The van der Waals surface area contributed by atoms with Gasteiger partial charge in [-0.05, 0) is 50.2 Å². The number of ether oxygens (including phenoxy) is 5. The smallest absolute Gasteiger partial charge is 0.416 e. The molecule has 4 rings (SSSR count). The van der Waals surface area contributed by atoms with Gasteiger partial charge in [0.25, 0.3) is 15.7 Å². The monoisotopic (exact) mass is 915 g/mol. The van der Waals surface area contributed by atoms with E-state index in [4.69, 9.17) is 30.9 Å². The topological polar surface area (TPSA) is 262 Å². The second kappa shape index (κ2) is 20.8. The normalized spacial score (nSPS) is 11.7. The molecule has 61 heavy (non-hydrogen) atoms. The van der Waals surface area contributed by atoms with Crippen molar-refractivity contribution in [3.8, 4) is 23.3 Å². The highest BCUT2D eigenvalue weighted by atomic mass is 35.5. The van der Waals surface area contributed by atoms with E-state index in [1.54, 1.807) is 12.2 Å². The first-order valence-electron chi connectivity index (χ1n) is 16.1. The van der Waals surface area contributed by atoms with Crippen LogP contribution in [-0.2, 0) is 30.5 Å². The second-order valence-corrected chi connectivity index (χ2v) is 13.0. The summed E-state index contributed by atoms with van der Waals surface area (Å²) in [5.41, 5.74) is -2.81. The first kappa shape index (κ1) is 48.3. The van der Waals surface area contributed by atoms with Crippen LogP contribution in [0.2, 0.25) is 5.02 Å². The zero-order chi connectivity index (χ0) is 45.8. The predicted octanol–water partition coefficient (Wildman–Crippen LogP) is 7.06. The van der Waals surface area contributed by atoms with E-state index in [-0.39, 0.29) is 23.1 Å². The molecule has 2 amide bonds. The standard InChI is InChI=1S/C19H15ClF3NO7.C14H10F4N4O7S/c1-3-29-17(25)10(2)30-18(26)13-9-12(5-6-15(13)24(27)28)31-16-7-4-11(8-14(16)20)19(21,22)23;15-11(16)28-8-5-9(29-12(17)18)20-13(19-8)21-14(25)22-30(26,27)7-4-2-1-3-6(7)10(23)24/h4-10H,3H2,1-2H3;1-5,11-12H,(H,23,24)(H2,19,20,21,22,25). The second-order valence-electron chi connectivity index (χ2n) is 11.0. The summed E-state index contributed by atoms with van der Waals surface area (Å²) in [6.45, 7) is -4.00. The number of halogens is 8. The molecule has 0 spiro atoms. The lowest BCUT2D eigenvalue weighted by molar-refractivity contribution is -0.385. The number of carboxylic acid groups (broad SMARTS) is 1. The number of aromatic carboxylic acids is 1. The molecule has 1 aromatic heterocycles. The van der Waals surface area contributed by atoms with Crippen molar-refractivity contribution in [1.82, 2.24) is 14.7 Å². The number of nitrogens with zero attached hydrogens (tertiary/aromatic N) is 3. The number of amides is 2. The molecule has 0 bridgehead atoms. The molecular weight excluding hydrogens is 891 g/mol. The molecule has 0 radical (unpaired) electrons. The predicted molar refractivity (Wildman–Crippen MR) is 189 cm³/mol. The number of anilines is 1. The number of carbonyl (C=O) groups is 4. The Hall–Kier alpha value is -7.03. The van der Waals surface area contributed by atoms with E-state index in [9.17, 15) is 68.4 Å². The van der Waals surface area contributed by atoms with Gasteiger partial charge in [-0.3, -0.25) is 15.4 Å². The van der Waals surface area contributed by atoms with E-state index >= 15 is 0 Å². The van der Waals surface area contributed by atoms with Gasteiger partial charge in [0.2, 0.25) is 17.7 Å². The van der Waals surface area contributed by atoms with Crippen LogP contribution in [0.3, 0.4) is 0 Å². The number of carbonyl (C=O) groups excluding carboxylic acids is 3. The number of hydrogen-bond donors (Lipinski definition) is 3. The maximum absolute atomic E-state index is 12.8. The number of nitro benzene ring substituents is 1. The van der Waals surface area contributed by atoms with Crippen molar-refractivity contribution in [3.63, 3.8) is 0 Å². The number of hydrogen-bond acceptors (Lipinski definition) is 15. The third-order valence-corrected chi connectivity index (χ3v) is 8.42. The average molecular weight is 916 g/mol. The highest BCUT2D eigenvalue weighted by molar-refractivity contribution is 7.90. The summed E-state index contributed by atoms with van der Waals surface area (Å²) in [5, 5.41) is 21.6. The number of nitrogens with one attached hydrogen (secondary N) is 2. The van der Waals surface area contributed by atoms with Gasteiger partial charge in [0.1, 0.15) is 22.0 Å². The van der Waals surface area contributed by atoms with Crippen LogP contribution < -0.4 is 24.2 Å². The number of aromatic nitrogens is 2. The highest BCUT2D eigenvalue weighted by Crippen LogP contribution is 2.37. The van der Waals surface area contributed by atoms with E-state index in [2.05, 4.69) is 19.4 Å². The van der Waals surface area contributed by atoms with Crippen molar-refractivity contribution < 1.29 is 92.0 Å². The van der Waals surface area contributed by atoms with Gasteiger partial charge in [-0.25, -0.2) is 32.3 Å². The number of nitro groups is 1. The Kier molecular flexibility index (Phi) is 16.5. The molecule has 1 unspecified atom stereocenters. The number of carboxylic acids is 1. The summed E-state index contributed by atoms with van der Waals surface area (Å²) in [6.07, 6.45) is -5.94. The van der Waals surface area contributed by atoms with E-state index in [0.717, 1.165) is 42.5 Å². The Labute approximate surface area is 341 Å². The van der Waals surface area contributed by atoms with Crippen LogP contribution in [0.15, 0.2) is 71.6 Å². The SMILES string of the molecule is CCOC(=O)C(C)OC(=O)c1cc(Oc2ccc(C(F)(F)F)cc2Cl)ccc1[N+](=O)[O-].O=C(Nc1nc(OC(F)F)cc(OC(F)F)n1)NS(=O)(=O)c1ccccc1C(=O)O. The largest absolute Gasteiger partial charge is 0.478 e. The number of urea groups is 1. The van der Waals surface area contributed by atoms with Gasteiger partial charge < -0.3 is 28.8 Å². The van der Waals surface area contributed by atoms with Gasteiger partial charge in [-0.15, -0.1) is 0 Å². The molecule has 0 saturated heterocycles. The summed E-state index contributed by atoms with van der Waals surface area (Å²) in [5.74, 6) is -6.81. The van der Waals surface area contributed by atoms with Crippen molar-refractivity contribution in [2.45, 2.75) is 44.2 Å². The Morgan fingerprint density at radius 3 is 2.05 bits per heavy atom. The van der Waals surface area contributed by atoms with Crippen molar-refractivity contribution in [2.24, 2.45) is 0 Å². The number of esters is 2. The number of benzene rings is 3. The van der Waals surface area contributed by atoms with Gasteiger partial charge in [-0.2, -0.15) is 40.7 Å². The van der Waals surface area contributed by atoms with Crippen LogP contribution in [0, 0.1) is 10.1 Å². The average Bonchev–Trinajstić information content (AvgIpc) is 3.14. The fraction of sp³-hybridized carbons (Fsp3) is 0.212. The lowest BCUT2D eigenvalue weighted by Gasteiger charge is -2.13.